The molecule has 0 atom stereocenters. The minimum Gasteiger partial charge on any atom is -0.419 e. The van der Waals surface area contributed by atoms with E-state index in [0.29, 0.717) is 22.9 Å². The zero-order valence-corrected chi connectivity index (χ0v) is 19.8. The highest BCUT2D eigenvalue weighted by Crippen LogP contribution is 2.36. The number of benzene rings is 3. The van der Waals surface area contributed by atoms with Crippen molar-refractivity contribution in [1.29, 1.82) is 0 Å². The summed E-state index contributed by atoms with van der Waals surface area (Å²) in [6, 6.07) is 18.8. The van der Waals surface area contributed by atoms with Crippen molar-refractivity contribution >= 4 is 17.5 Å². The molecule has 4 aromatic rings. The van der Waals surface area contributed by atoms with Crippen LogP contribution in [0.3, 0.4) is 0 Å². The van der Waals surface area contributed by atoms with Crippen LogP contribution in [0, 0.1) is 5.82 Å². The van der Waals surface area contributed by atoms with Crippen molar-refractivity contribution in [2.24, 2.45) is 0 Å². The zero-order chi connectivity index (χ0) is 25.3. The Morgan fingerprint density at radius 3 is 2.17 bits per heavy atom. The van der Waals surface area contributed by atoms with Gasteiger partial charge in [-0.05, 0) is 58.7 Å². The quantitative estimate of drug-likeness (QED) is 0.276. The molecular formula is C27H21ClF3N3O2. The first kappa shape index (κ1) is 24.1. The van der Waals surface area contributed by atoms with E-state index in [1.807, 2.05) is 30.3 Å². The van der Waals surface area contributed by atoms with Crippen molar-refractivity contribution < 1.29 is 22.4 Å². The zero-order valence-electron chi connectivity index (χ0n) is 19.1. The molecule has 1 aliphatic rings. The van der Waals surface area contributed by atoms with E-state index < -0.39 is 5.92 Å². The fourth-order valence-corrected chi connectivity index (χ4v) is 4.33. The van der Waals surface area contributed by atoms with Gasteiger partial charge in [-0.1, -0.05) is 30.3 Å². The predicted molar refractivity (Wildman–Crippen MR) is 130 cm³/mol. The lowest BCUT2D eigenvalue weighted by Gasteiger charge is -2.31. The molecule has 1 aromatic heterocycles. The molecule has 184 valence electrons. The smallest absolute Gasteiger partial charge is 0.253 e. The summed E-state index contributed by atoms with van der Waals surface area (Å²) in [5, 5.41) is 8.01. The van der Waals surface area contributed by atoms with Gasteiger partial charge in [-0.2, -0.15) is 0 Å². The lowest BCUT2D eigenvalue weighted by atomic mass is 9.94. The molecule has 1 aliphatic heterocycles. The Hall–Kier alpha value is -3.65. The average Bonchev–Trinajstić information content (AvgIpc) is 3.38. The van der Waals surface area contributed by atoms with Gasteiger partial charge in [0.05, 0.1) is 0 Å². The van der Waals surface area contributed by atoms with Crippen LogP contribution in [-0.2, 0) is 5.88 Å². The SMILES string of the molecule is O=C(c1ccc(-c2ccc(-c3nnc(CCl)o3)c(-c3ccc(F)cc3)c2)cc1)N1CCC(F)(F)CC1. The van der Waals surface area contributed by atoms with E-state index in [0.717, 1.165) is 22.3 Å². The number of alkyl halides is 3. The Kier molecular flexibility index (Phi) is 6.53. The van der Waals surface area contributed by atoms with Gasteiger partial charge in [0.15, 0.2) is 0 Å². The number of aromatic nitrogens is 2. The molecule has 1 amide bonds. The van der Waals surface area contributed by atoms with E-state index in [1.165, 1.54) is 17.0 Å². The normalized spacial score (nSPS) is 15.2. The van der Waals surface area contributed by atoms with E-state index in [-0.39, 0.29) is 43.5 Å². The molecule has 0 saturated carbocycles. The first-order valence-corrected chi connectivity index (χ1v) is 11.9. The molecule has 0 unspecified atom stereocenters. The van der Waals surface area contributed by atoms with Crippen molar-refractivity contribution in [3.8, 4) is 33.7 Å². The average molecular weight is 512 g/mol. The molecule has 5 rings (SSSR count). The number of piperidine rings is 1. The topological polar surface area (TPSA) is 59.2 Å². The highest BCUT2D eigenvalue weighted by molar-refractivity contribution is 6.16. The molecule has 0 aliphatic carbocycles. The van der Waals surface area contributed by atoms with Crippen molar-refractivity contribution in [1.82, 2.24) is 15.1 Å². The molecule has 2 heterocycles. The number of rotatable bonds is 5. The molecule has 5 nitrogen and oxygen atoms in total. The second-order valence-corrected chi connectivity index (χ2v) is 8.89. The fourth-order valence-electron chi connectivity index (χ4n) is 4.22. The minimum atomic E-state index is -2.71. The Labute approximate surface area is 210 Å². The Balaban J connectivity index is 1.45. The van der Waals surface area contributed by atoms with Gasteiger partial charge < -0.3 is 9.32 Å². The van der Waals surface area contributed by atoms with Crippen LogP contribution in [0.2, 0.25) is 0 Å². The number of hydrogen-bond donors (Lipinski definition) is 0. The second kappa shape index (κ2) is 9.78. The van der Waals surface area contributed by atoms with E-state index in [9.17, 15) is 18.0 Å². The number of hydrogen-bond acceptors (Lipinski definition) is 4. The van der Waals surface area contributed by atoms with Gasteiger partial charge in [0.1, 0.15) is 11.7 Å². The van der Waals surface area contributed by atoms with Gasteiger partial charge in [0.25, 0.3) is 11.8 Å². The number of likely N-dealkylation sites (tertiary alicyclic amines) is 1. The lowest BCUT2D eigenvalue weighted by Crippen LogP contribution is -2.42. The van der Waals surface area contributed by atoms with Gasteiger partial charge in [-0.25, -0.2) is 13.2 Å². The largest absolute Gasteiger partial charge is 0.419 e. The number of amides is 1. The van der Waals surface area contributed by atoms with E-state index >= 15 is 0 Å². The van der Waals surface area contributed by atoms with Gasteiger partial charge in [0.2, 0.25) is 11.8 Å². The Morgan fingerprint density at radius 2 is 1.53 bits per heavy atom. The number of halogens is 4. The predicted octanol–water partition coefficient (Wildman–Crippen LogP) is 6.82. The lowest BCUT2D eigenvalue weighted by molar-refractivity contribution is -0.0494. The van der Waals surface area contributed by atoms with Crippen LogP contribution in [0.5, 0.6) is 0 Å². The maximum absolute atomic E-state index is 13.6. The summed E-state index contributed by atoms with van der Waals surface area (Å²) in [4.78, 5) is 14.2. The summed E-state index contributed by atoms with van der Waals surface area (Å²) in [5.41, 5.74) is 4.33. The first-order valence-electron chi connectivity index (χ1n) is 11.4. The third-order valence-electron chi connectivity index (χ3n) is 6.23. The van der Waals surface area contributed by atoms with Crippen molar-refractivity contribution in [2.75, 3.05) is 13.1 Å². The molecule has 0 radical (unpaired) electrons. The number of carbonyl (C=O) groups excluding carboxylic acids is 1. The van der Waals surface area contributed by atoms with Gasteiger partial charge in [-0.3, -0.25) is 4.79 Å². The molecular weight excluding hydrogens is 491 g/mol. The molecule has 0 bridgehead atoms. The summed E-state index contributed by atoms with van der Waals surface area (Å²) in [6.07, 6.45) is -0.635. The molecule has 9 heteroatoms. The fraction of sp³-hybridized carbons (Fsp3) is 0.222. The van der Waals surface area contributed by atoms with Crippen LogP contribution in [0.15, 0.2) is 71.1 Å². The summed E-state index contributed by atoms with van der Waals surface area (Å²) < 4.78 is 46.1. The molecule has 3 aromatic carbocycles. The number of nitrogens with zero attached hydrogens (tertiary/aromatic N) is 3. The van der Waals surface area contributed by atoms with E-state index in [4.69, 9.17) is 16.0 Å². The van der Waals surface area contributed by atoms with Crippen molar-refractivity contribution in [3.05, 3.63) is 84.0 Å². The highest BCUT2D eigenvalue weighted by Gasteiger charge is 2.35. The van der Waals surface area contributed by atoms with E-state index in [2.05, 4.69) is 10.2 Å². The highest BCUT2D eigenvalue weighted by atomic mass is 35.5. The van der Waals surface area contributed by atoms with Gasteiger partial charge in [0, 0.05) is 37.1 Å². The summed E-state index contributed by atoms with van der Waals surface area (Å²) >= 11 is 5.81. The van der Waals surface area contributed by atoms with Crippen molar-refractivity contribution in [3.63, 3.8) is 0 Å². The van der Waals surface area contributed by atoms with Crippen LogP contribution >= 0.6 is 11.6 Å². The minimum absolute atomic E-state index is 0.0389. The number of carbonyl (C=O) groups is 1. The van der Waals surface area contributed by atoms with Crippen LogP contribution in [0.1, 0.15) is 29.1 Å². The first-order chi connectivity index (χ1) is 17.3. The molecule has 0 N–H and O–H groups in total. The third-order valence-corrected chi connectivity index (χ3v) is 6.46. The molecule has 0 spiro atoms. The summed E-state index contributed by atoms with van der Waals surface area (Å²) in [5.74, 6) is -2.64. The maximum Gasteiger partial charge on any atom is 0.253 e. The molecule has 36 heavy (non-hydrogen) atoms. The van der Waals surface area contributed by atoms with Crippen LogP contribution in [-0.4, -0.2) is 40.0 Å². The van der Waals surface area contributed by atoms with Gasteiger partial charge >= 0.3 is 0 Å². The second-order valence-electron chi connectivity index (χ2n) is 8.63. The van der Waals surface area contributed by atoms with E-state index in [1.54, 1.807) is 24.3 Å². The third kappa shape index (κ3) is 4.99. The van der Waals surface area contributed by atoms with Crippen LogP contribution in [0.4, 0.5) is 13.2 Å². The van der Waals surface area contributed by atoms with Crippen LogP contribution < -0.4 is 0 Å². The summed E-state index contributed by atoms with van der Waals surface area (Å²) in [6.45, 7) is 0.0777. The Bertz CT molecular complexity index is 1380. The summed E-state index contributed by atoms with van der Waals surface area (Å²) in [7, 11) is 0. The van der Waals surface area contributed by atoms with Gasteiger partial charge in [-0.15, -0.1) is 21.8 Å². The standard InChI is InChI=1S/C27H21ClF3N3O2/c28-16-24-32-33-25(36-24)22-10-7-20(15-23(22)18-5-8-21(29)9-6-18)17-1-3-19(4-2-17)26(35)34-13-11-27(30,31)12-14-34/h1-10,15H,11-14,16H2. The Morgan fingerprint density at radius 1 is 0.889 bits per heavy atom. The monoisotopic (exact) mass is 511 g/mol. The molecule has 1 fully saturated rings. The molecule has 1 saturated heterocycles. The van der Waals surface area contributed by atoms with Crippen LogP contribution in [0.25, 0.3) is 33.7 Å². The van der Waals surface area contributed by atoms with Crippen molar-refractivity contribution in [2.45, 2.75) is 24.6 Å². The maximum atomic E-state index is 13.6.